The fourth-order valence-corrected chi connectivity index (χ4v) is 6.12. The standard InChI is InChI=1S/C44H76NO10P/c1-3-5-7-9-11-13-15-17-19-20-22-23-25-27-29-31-33-35-42(46)52-37-40(38-53-56(50,51)54-39-41(45)44(48)49)55-43(47)36-34-32-30-28-26-24-21-18-16-14-12-10-8-6-4-2/h12,14,17-19,21-23,27,29,40-41H,3-11,13,15-16,20,24-26,28,30-39,45H2,1-2H3,(H,48,49)(H,50,51)/b14-12-,19-17-,21-18-,23-22-,29-27-/t40-,41+/m1/s1. The third-order valence-electron chi connectivity index (χ3n) is 8.74. The molecule has 0 aliphatic rings. The van der Waals surface area contributed by atoms with E-state index in [0.717, 1.165) is 64.2 Å². The van der Waals surface area contributed by atoms with Gasteiger partial charge in [0.1, 0.15) is 12.6 Å². The lowest BCUT2D eigenvalue weighted by Crippen LogP contribution is -2.34. The molecule has 4 N–H and O–H groups in total. The van der Waals surface area contributed by atoms with E-state index in [2.05, 4.69) is 73.1 Å². The van der Waals surface area contributed by atoms with Crippen LogP contribution in [-0.2, 0) is 37.5 Å². The minimum absolute atomic E-state index is 0.132. The number of phosphoric ester groups is 1. The maximum atomic E-state index is 12.6. The second kappa shape index (κ2) is 39.0. The Balaban J connectivity index is 4.50. The smallest absolute Gasteiger partial charge is 0.472 e. The Morgan fingerprint density at radius 2 is 0.964 bits per heavy atom. The van der Waals surface area contributed by atoms with Gasteiger partial charge in [-0.15, -0.1) is 0 Å². The SMILES string of the molecule is CCCCC/C=C\C/C=C\CCCCCCCC(=O)O[C@H](COC(=O)CCC/C=C\C/C=C\C/C=C\CCCCCCCC)COP(=O)(O)OC[C@H](N)C(=O)O. The van der Waals surface area contributed by atoms with Gasteiger partial charge in [0.15, 0.2) is 6.10 Å². The summed E-state index contributed by atoms with van der Waals surface area (Å²) in [5.74, 6) is -2.47. The number of esters is 2. The predicted octanol–water partition coefficient (Wildman–Crippen LogP) is 11.2. The van der Waals surface area contributed by atoms with Gasteiger partial charge in [0.25, 0.3) is 0 Å². The van der Waals surface area contributed by atoms with E-state index in [9.17, 15) is 23.8 Å². The van der Waals surface area contributed by atoms with Gasteiger partial charge in [-0.3, -0.25) is 23.4 Å². The fraction of sp³-hybridized carbons (Fsp3) is 0.705. The summed E-state index contributed by atoms with van der Waals surface area (Å²) in [5.41, 5.74) is 5.32. The Morgan fingerprint density at radius 3 is 1.50 bits per heavy atom. The van der Waals surface area contributed by atoms with Crippen LogP contribution in [0.15, 0.2) is 60.8 Å². The minimum atomic E-state index is -4.73. The van der Waals surface area contributed by atoms with E-state index in [1.54, 1.807) is 0 Å². The first kappa shape index (κ1) is 53.2. The van der Waals surface area contributed by atoms with E-state index in [4.69, 9.17) is 24.8 Å². The zero-order valence-corrected chi connectivity index (χ0v) is 35.6. The Morgan fingerprint density at radius 1 is 0.554 bits per heavy atom. The van der Waals surface area contributed by atoms with Crippen LogP contribution in [0, 0.1) is 0 Å². The Labute approximate surface area is 338 Å². The minimum Gasteiger partial charge on any atom is -0.480 e. The molecule has 56 heavy (non-hydrogen) atoms. The molecular weight excluding hydrogens is 733 g/mol. The molecule has 3 atom stereocenters. The molecule has 322 valence electrons. The monoisotopic (exact) mass is 810 g/mol. The topological polar surface area (TPSA) is 172 Å². The molecule has 12 heteroatoms. The van der Waals surface area contributed by atoms with Gasteiger partial charge in [0.2, 0.25) is 0 Å². The molecule has 0 aliphatic carbocycles. The Hall–Kier alpha value is -2.82. The van der Waals surface area contributed by atoms with Crippen LogP contribution in [0.5, 0.6) is 0 Å². The van der Waals surface area contributed by atoms with Gasteiger partial charge in [0, 0.05) is 12.8 Å². The van der Waals surface area contributed by atoms with Crippen molar-refractivity contribution in [1.82, 2.24) is 0 Å². The van der Waals surface area contributed by atoms with Crippen LogP contribution in [-0.4, -0.2) is 59.9 Å². The number of carbonyl (C=O) groups excluding carboxylic acids is 2. The highest BCUT2D eigenvalue weighted by Gasteiger charge is 2.28. The highest BCUT2D eigenvalue weighted by atomic mass is 31.2. The largest absolute Gasteiger partial charge is 0.480 e. The third-order valence-corrected chi connectivity index (χ3v) is 9.69. The van der Waals surface area contributed by atoms with Crippen molar-refractivity contribution in [3.63, 3.8) is 0 Å². The van der Waals surface area contributed by atoms with Gasteiger partial charge in [0.05, 0.1) is 13.2 Å². The summed E-state index contributed by atoms with van der Waals surface area (Å²) in [5, 5.41) is 8.88. The lowest BCUT2D eigenvalue weighted by molar-refractivity contribution is -0.161. The summed E-state index contributed by atoms with van der Waals surface area (Å²) in [6, 6.07) is -1.53. The molecule has 11 nitrogen and oxygen atoms in total. The molecule has 0 saturated heterocycles. The van der Waals surface area contributed by atoms with E-state index in [1.807, 2.05) is 6.08 Å². The number of hydrogen-bond acceptors (Lipinski definition) is 9. The number of nitrogens with two attached hydrogens (primary N) is 1. The van der Waals surface area contributed by atoms with Crippen molar-refractivity contribution in [2.45, 2.75) is 180 Å². The molecule has 0 heterocycles. The molecule has 0 aromatic carbocycles. The van der Waals surface area contributed by atoms with Crippen LogP contribution in [0.2, 0.25) is 0 Å². The van der Waals surface area contributed by atoms with Gasteiger partial charge in [-0.2, -0.15) is 0 Å². The molecule has 0 radical (unpaired) electrons. The number of aliphatic carboxylic acids is 1. The number of carboxylic acids is 1. The van der Waals surface area contributed by atoms with Crippen LogP contribution in [0.3, 0.4) is 0 Å². The molecule has 0 aromatic heterocycles. The molecule has 0 rings (SSSR count). The number of rotatable bonds is 39. The van der Waals surface area contributed by atoms with Crippen molar-refractivity contribution in [2.75, 3.05) is 19.8 Å². The number of phosphoric acid groups is 1. The quantitative estimate of drug-likeness (QED) is 0.0233. The van der Waals surface area contributed by atoms with Crippen LogP contribution < -0.4 is 5.73 Å². The van der Waals surface area contributed by atoms with Crippen molar-refractivity contribution in [3.05, 3.63) is 60.8 Å². The maximum absolute atomic E-state index is 12.6. The number of carboxylic acid groups (broad SMARTS) is 1. The first-order valence-corrected chi connectivity index (χ1v) is 22.8. The van der Waals surface area contributed by atoms with Gasteiger partial charge in [-0.05, 0) is 77.0 Å². The van der Waals surface area contributed by atoms with E-state index >= 15 is 0 Å². The summed E-state index contributed by atoms with van der Waals surface area (Å²) in [6.07, 6.45) is 44.3. The Bertz CT molecular complexity index is 1180. The first-order chi connectivity index (χ1) is 27.1. The van der Waals surface area contributed by atoms with Gasteiger partial charge < -0.3 is 25.2 Å². The van der Waals surface area contributed by atoms with Crippen molar-refractivity contribution >= 4 is 25.7 Å². The summed E-state index contributed by atoms with van der Waals surface area (Å²) >= 11 is 0. The van der Waals surface area contributed by atoms with Crippen molar-refractivity contribution in [3.8, 4) is 0 Å². The molecule has 0 spiro atoms. The second-order valence-corrected chi connectivity index (χ2v) is 15.6. The normalized spacial score (nSPS) is 14.4. The molecule has 0 amide bonds. The first-order valence-electron chi connectivity index (χ1n) is 21.3. The summed E-state index contributed by atoms with van der Waals surface area (Å²) < 4.78 is 32.6. The van der Waals surface area contributed by atoms with Gasteiger partial charge in [-0.25, -0.2) is 4.57 Å². The molecule has 0 bridgehead atoms. The number of allylic oxidation sites excluding steroid dienone is 10. The van der Waals surface area contributed by atoms with E-state index in [1.165, 1.54) is 57.8 Å². The van der Waals surface area contributed by atoms with Crippen molar-refractivity contribution in [1.29, 1.82) is 0 Å². The van der Waals surface area contributed by atoms with E-state index < -0.39 is 51.1 Å². The van der Waals surface area contributed by atoms with Crippen LogP contribution in [0.4, 0.5) is 0 Å². The molecule has 0 fully saturated rings. The number of carbonyl (C=O) groups is 3. The molecule has 0 saturated carbocycles. The summed E-state index contributed by atoms with van der Waals surface area (Å²) in [7, 11) is -4.73. The molecule has 0 aliphatic heterocycles. The second-order valence-electron chi connectivity index (χ2n) is 14.1. The number of unbranched alkanes of at least 4 members (excludes halogenated alkanes) is 15. The highest BCUT2D eigenvalue weighted by Crippen LogP contribution is 2.43. The van der Waals surface area contributed by atoms with Crippen molar-refractivity contribution in [2.24, 2.45) is 5.73 Å². The number of ether oxygens (including phenoxy) is 2. The molecule has 1 unspecified atom stereocenters. The van der Waals surface area contributed by atoms with E-state index in [0.29, 0.717) is 19.3 Å². The maximum Gasteiger partial charge on any atom is 0.472 e. The average Bonchev–Trinajstić information content (AvgIpc) is 3.17. The zero-order valence-electron chi connectivity index (χ0n) is 34.7. The Kier molecular flexibility index (Phi) is 37.1. The van der Waals surface area contributed by atoms with E-state index in [-0.39, 0.29) is 19.4 Å². The van der Waals surface area contributed by atoms with Crippen LogP contribution >= 0.6 is 7.82 Å². The van der Waals surface area contributed by atoms with Crippen molar-refractivity contribution < 1.29 is 47.5 Å². The van der Waals surface area contributed by atoms with Crippen LogP contribution in [0.25, 0.3) is 0 Å². The molecule has 0 aromatic rings. The highest BCUT2D eigenvalue weighted by molar-refractivity contribution is 7.47. The van der Waals surface area contributed by atoms with Crippen LogP contribution in [0.1, 0.15) is 168 Å². The third kappa shape index (κ3) is 38.1. The predicted molar refractivity (Wildman–Crippen MR) is 226 cm³/mol. The number of hydrogen-bond donors (Lipinski definition) is 3. The lowest BCUT2D eigenvalue weighted by Gasteiger charge is -2.20. The van der Waals surface area contributed by atoms with Gasteiger partial charge in [-0.1, -0.05) is 139 Å². The lowest BCUT2D eigenvalue weighted by atomic mass is 10.1. The summed E-state index contributed by atoms with van der Waals surface area (Å²) in [6.45, 7) is 2.69. The fourth-order valence-electron chi connectivity index (χ4n) is 5.34. The summed E-state index contributed by atoms with van der Waals surface area (Å²) in [4.78, 5) is 45.9. The average molecular weight is 810 g/mol. The molecular formula is C44H76NO10P. The zero-order chi connectivity index (χ0) is 41.4. The van der Waals surface area contributed by atoms with Gasteiger partial charge >= 0.3 is 25.7 Å².